The largest absolute Gasteiger partial charge is 0.403 e. The molecule has 0 bridgehead atoms. The van der Waals surface area contributed by atoms with Crippen LogP contribution in [0.4, 0.5) is 11.9 Å². The SMILES string of the molecule is CCCn1nc(Oc2nc(NCC)nc(N(C)C)n2)ccc1=O. The standard InChI is InChI=1S/C14H21N7O2/c1-5-9-21-11(22)8-7-10(19-21)23-14-17-12(15-6-2)16-13(18-14)20(3)4/h7-8H,5-6,9H2,1-4H3,(H,15,16,17,18). The van der Waals surface area contributed by atoms with Crippen LogP contribution in [0.1, 0.15) is 20.3 Å². The molecule has 23 heavy (non-hydrogen) atoms. The van der Waals surface area contributed by atoms with Crippen LogP contribution in [0.2, 0.25) is 0 Å². The van der Waals surface area contributed by atoms with Crippen molar-refractivity contribution in [3.05, 3.63) is 22.5 Å². The molecule has 0 aliphatic heterocycles. The second-order valence-corrected chi connectivity index (χ2v) is 5.00. The van der Waals surface area contributed by atoms with E-state index in [0.717, 1.165) is 6.42 Å². The zero-order valence-electron chi connectivity index (χ0n) is 13.8. The quantitative estimate of drug-likeness (QED) is 0.811. The van der Waals surface area contributed by atoms with Crippen LogP contribution in [0.25, 0.3) is 0 Å². The minimum Gasteiger partial charge on any atom is -0.403 e. The first kappa shape index (κ1) is 16.7. The molecular weight excluding hydrogens is 298 g/mol. The molecule has 9 heteroatoms. The molecule has 1 N–H and O–H groups in total. The van der Waals surface area contributed by atoms with Crippen LogP contribution in [0.5, 0.6) is 11.9 Å². The van der Waals surface area contributed by atoms with Crippen molar-refractivity contribution in [3.63, 3.8) is 0 Å². The molecule has 0 aliphatic rings. The first-order valence-corrected chi connectivity index (χ1v) is 7.46. The molecule has 0 atom stereocenters. The Morgan fingerprint density at radius 2 is 2.00 bits per heavy atom. The normalized spacial score (nSPS) is 10.4. The highest BCUT2D eigenvalue weighted by Gasteiger charge is 2.11. The average molecular weight is 319 g/mol. The lowest BCUT2D eigenvalue weighted by Crippen LogP contribution is -2.22. The Morgan fingerprint density at radius 3 is 2.65 bits per heavy atom. The van der Waals surface area contributed by atoms with E-state index in [9.17, 15) is 4.79 Å². The predicted molar refractivity (Wildman–Crippen MR) is 87.2 cm³/mol. The van der Waals surface area contributed by atoms with Gasteiger partial charge >= 0.3 is 6.01 Å². The third-order valence-electron chi connectivity index (χ3n) is 2.81. The van der Waals surface area contributed by atoms with Gasteiger partial charge in [-0.1, -0.05) is 6.92 Å². The molecule has 0 fully saturated rings. The maximum atomic E-state index is 11.7. The summed E-state index contributed by atoms with van der Waals surface area (Å²) in [6.45, 7) is 5.12. The Hall–Kier alpha value is -2.71. The fraction of sp³-hybridized carbons (Fsp3) is 0.500. The number of rotatable bonds is 7. The van der Waals surface area contributed by atoms with Crippen LogP contribution < -0.4 is 20.5 Å². The minimum absolute atomic E-state index is 0.119. The topological polar surface area (TPSA) is 98.1 Å². The van der Waals surface area contributed by atoms with E-state index in [1.807, 2.05) is 27.9 Å². The van der Waals surface area contributed by atoms with E-state index in [1.165, 1.54) is 16.8 Å². The highest BCUT2D eigenvalue weighted by molar-refractivity contribution is 5.37. The first-order chi connectivity index (χ1) is 11.0. The van der Waals surface area contributed by atoms with Gasteiger partial charge in [0.05, 0.1) is 0 Å². The number of nitrogens with zero attached hydrogens (tertiary/aromatic N) is 6. The van der Waals surface area contributed by atoms with Crippen LogP contribution in [0, 0.1) is 0 Å². The minimum atomic E-state index is -0.169. The van der Waals surface area contributed by atoms with Gasteiger partial charge in [0.15, 0.2) is 0 Å². The molecule has 2 rings (SSSR count). The van der Waals surface area contributed by atoms with Crippen LogP contribution in [0.15, 0.2) is 16.9 Å². The summed E-state index contributed by atoms with van der Waals surface area (Å²) < 4.78 is 6.95. The lowest BCUT2D eigenvalue weighted by molar-refractivity contribution is 0.398. The Morgan fingerprint density at radius 1 is 1.22 bits per heavy atom. The van der Waals surface area contributed by atoms with Gasteiger partial charge in [-0.05, 0) is 13.3 Å². The number of hydrogen-bond acceptors (Lipinski definition) is 8. The first-order valence-electron chi connectivity index (χ1n) is 7.46. The van der Waals surface area contributed by atoms with Gasteiger partial charge in [-0.25, -0.2) is 4.68 Å². The summed E-state index contributed by atoms with van der Waals surface area (Å²) >= 11 is 0. The molecule has 0 saturated heterocycles. The fourth-order valence-electron chi connectivity index (χ4n) is 1.78. The number of ether oxygens (including phenoxy) is 1. The Labute approximate surface area is 134 Å². The van der Waals surface area contributed by atoms with Crippen molar-refractivity contribution < 1.29 is 4.74 Å². The molecule has 2 aromatic heterocycles. The van der Waals surface area contributed by atoms with E-state index in [-0.39, 0.29) is 17.4 Å². The van der Waals surface area contributed by atoms with Crippen molar-refractivity contribution in [1.82, 2.24) is 24.7 Å². The van der Waals surface area contributed by atoms with Gasteiger partial charge in [-0.2, -0.15) is 15.0 Å². The third-order valence-corrected chi connectivity index (χ3v) is 2.81. The number of nitrogens with one attached hydrogen (secondary N) is 1. The highest BCUT2D eigenvalue weighted by atomic mass is 16.5. The summed E-state index contributed by atoms with van der Waals surface area (Å²) in [5.41, 5.74) is -0.169. The van der Waals surface area contributed by atoms with E-state index in [2.05, 4.69) is 25.4 Å². The van der Waals surface area contributed by atoms with E-state index in [0.29, 0.717) is 25.0 Å². The molecule has 2 aromatic rings. The molecule has 0 saturated carbocycles. The van der Waals surface area contributed by atoms with Crippen molar-refractivity contribution in [2.45, 2.75) is 26.8 Å². The lowest BCUT2D eigenvalue weighted by Gasteiger charge is -2.13. The maximum Gasteiger partial charge on any atom is 0.330 e. The Kier molecular flexibility index (Phi) is 5.45. The van der Waals surface area contributed by atoms with Gasteiger partial charge < -0.3 is 15.0 Å². The number of anilines is 2. The molecular formula is C14H21N7O2. The van der Waals surface area contributed by atoms with Gasteiger partial charge in [0.2, 0.25) is 17.8 Å². The van der Waals surface area contributed by atoms with Gasteiger partial charge in [0, 0.05) is 39.3 Å². The maximum absolute atomic E-state index is 11.7. The molecule has 0 amide bonds. The van der Waals surface area contributed by atoms with Crippen LogP contribution in [-0.4, -0.2) is 45.4 Å². The van der Waals surface area contributed by atoms with Crippen LogP contribution in [-0.2, 0) is 6.54 Å². The van der Waals surface area contributed by atoms with E-state index < -0.39 is 0 Å². The molecule has 0 radical (unpaired) electrons. The van der Waals surface area contributed by atoms with Crippen molar-refractivity contribution in [3.8, 4) is 11.9 Å². The number of aryl methyl sites for hydroxylation is 1. The van der Waals surface area contributed by atoms with Gasteiger partial charge in [-0.15, -0.1) is 5.10 Å². The number of hydrogen-bond donors (Lipinski definition) is 1. The second kappa shape index (κ2) is 7.52. The summed E-state index contributed by atoms with van der Waals surface area (Å²) in [6.07, 6.45) is 0.803. The highest BCUT2D eigenvalue weighted by Crippen LogP contribution is 2.18. The summed E-state index contributed by atoms with van der Waals surface area (Å²) in [5.74, 6) is 1.15. The summed E-state index contributed by atoms with van der Waals surface area (Å²) in [5, 5.41) is 7.18. The smallest absolute Gasteiger partial charge is 0.330 e. The monoisotopic (exact) mass is 319 g/mol. The summed E-state index contributed by atoms with van der Waals surface area (Å²) in [6, 6.07) is 3.03. The third kappa shape index (κ3) is 4.38. The molecule has 0 unspecified atom stereocenters. The predicted octanol–water partition coefficient (Wildman–Crippen LogP) is 1.13. The van der Waals surface area contributed by atoms with Gasteiger partial charge in [-0.3, -0.25) is 4.79 Å². The lowest BCUT2D eigenvalue weighted by atomic mass is 10.5. The van der Waals surface area contributed by atoms with Gasteiger partial charge in [0.25, 0.3) is 5.56 Å². The van der Waals surface area contributed by atoms with Crippen LogP contribution in [0.3, 0.4) is 0 Å². The van der Waals surface area contributed by atoms with Crippen molar-refractivity contribution in [2.75, 3.05) is 30.9 Å². The Balaban J connectivity index is 2.31. The average Bonchev–Trinajstić information content (AvgIpc) is 2.51. The molecule has 0 aliphatic carbocycles. The number of aromatic nitrogens is 5. The Bertz CT molecular complexity index is 715. The van der Waals surface area contributed by atoms with Crippen molar-refractivity contribution in [2.24, 2.45) is 0 Å². The van der Waals surface area contributed by atoms with Gasteiger partial charge in [0.1, 0.15) is 0 Å². The summed E-state index contributed by atoms with van der Waals surface area (Å²) in [7, 11) is 3.66. The van der Waals surface area contributed by atoms with E-state index >= 15 is 0 Å². The zero-order chi connectivity index (χ0) is 16.8. The second-order valence-electron chi connectivity index (χ2n) is 5.00. The molecule has 124 valence electrons. The van der Waals surface area contributed by atoms with Crippen LogP contribution >= 0.6 is 0 Å². The van der Waals surface area contributed by atoms with E-state index in [4.69, 9.17) is 4.74 Å². The summed E-state index contributed by atoms with van der Waals surface area (Å²) in [4.78, 5) is 26.1. The molecule has 0 spiro atoms. The molecule has 0 aromatic carbocycles. The zero-order valence-corrected chi connectivity index (χ0v) is 13.8. The fourth-order valence-corrected chi connectivity index (χ4v) is 1.78. The van der Waals surface area contributed by atoms with E-state index in [1.54, 1.807) is 4.90 Å². The molecule has 2 heterocycles. The van der Waals surface area contributed by atoms with Crippen molar-refractivity contribution >= 4 is 11.9 Å². The van der Waals surface area contributed by atoms with Crippen molar-refractivity contribution in [1.29, 1.82) is 0 Å². The molecule has 9 nitrogen and oxygen atoms in total.